The van der Waals surface area contributed by atoms with Gasteiger partial charge in [0, 0.05) is 12.1 Å². The van der Waals surface area contributed by atoms with E-state index in [0.29, 0.717) is 11.1 Å². The summed E-state index contributed by atoms with van der Waals surface area (Å²) in [5.41, 5.74) is 4.99. The maximum atomic E-state index is 12.4. The molecule has 2 aromatic carbocycles. The number of carbonyl (C=O) groups excluding carboxylic acids is 2. The fraction of sp³-hybridized carbons (Fsp3) is 0.348. The highest BCUT2D eigenvalue weighted by Gasteiger charge is 2.32. The second kappa shape index (κ2) is 9.27. The van der Waals surface area contributed by atoms with Gasteiger partial charge in [0.1, 0.15) is 5.25 Å². The van der Waals surface area contributed by atoms with Crippen LogP contribution in [0.4, 0.5) is 11.4 Å². The maximum absolute atomic E-state index is 12.4. The lowest BCUT2D eigenvalue weighted by molar-refractivity contribution is -0.122. The quantitative estimate of drug-likeness (QED) is 0.700. The summed E-state index contributed by atoms with van der Waals surface area (Å²) in [6, 6.07) is 13.9. The summed E-state index contributed by atoms with van der Waals surface area (Å²) in [5, 5.41) is 5.75. The predicted molar refractivity (Wildman–Crippen MR) is 121 cm³/mol. The van der Waals surface area contributed by atoms with Gasteiger partial charge in [-0.25, -0.2) is 4.99 Å². The van der Waals surface area contributed by atoms with Gasteiger partial charge in [-0.2, -0.15) is 0 Å². The molecule has 3 rings (SSSR count). The molecule has 0 unspecified atom stereocenters. The van der Waals surface area contributed by atoms with Gasteiger partial charge in [0.25, 0.3) is 0 Å². The van der Waals surface area contributed by atoms with E-state index in [1.807, 2.05) is 44.2 Å². The number of aryl methyl sites for hydroxylation is 2. The first-order chi connectivity index (χ1) is 13.9. The Kier molecular flexibility index (Phi) is 6.75. The van der Waals surface area contributed by atoms with E-state index in [1.54, 1.807) is 0 Å². The van der Waals surface area contributed by atoms with Crippen molar-refractivity contribution in [1.29, 1.82) is 0 Å². The van der Waals surface area contributed by atoms with Crippen LogP contribution in [0.1, 0.15) is 49.3 Å². The van der Waals surface area contributed by atoms with Crippen LogP contribution in [-0.4, -0.2) is 22.2 Å². The van der Waals surface area contributed by atoms with E-state index in [4.69, 9.17) is 0 Å². The third kappa shape index (κ3) is 5.48. The van der Waals surface area contributed by atoms with Crippen molar-refractivity contribution in [2.75, 3.05) is 5.32 Å². The number of carbonyl (C=O) groups is 2. The van der Waals surface area contributed by atoms with Gasteiger partial charge in [-0.1, -0.05) is 55.4 Å². The van der Waals surface area contributed by atoms with E-state index in [-0.39, 0.29) is 18.2 Å². The van der Waals surface area contributed by atoms with E-state index in [9.17, 15) is 9.59 Å². The third-order valence-corrected chi connectivity index (χ3v) is 6.19. The van der Waals surface area contributed by atoms with Crippen molar-refractivity contribution in [3.8, 4) is 0 Å². The molecule has 1 heterocycles. The number of thioether (sulfide) groups is 1. The topological polar surface area (TPSA) is 70.6 Å². The maximum Gasteiger partial charge on any atom is 0.240 e. The minimum Gasteiger partial charge on any atom is -0.326 e. The molecule has 2 N–H and O–H groups in total. The van der Waals surface area contributed by atoms with Crippen LogP contribution in [0.2, 0.25) is 0 Å². The Morgan fingerprint density at radius 2 is 1.93 bits per heavy atom. The molecule has 1 saturated heterocycles. The van der Waals surface area contributed by atoms with Crippen LogP contribution >= 0.6 is 11.8 Å². The number of amides is 2. The van der Waals surface area contributed by atoms with Gasteiger partial charge in [-0.15, -0.1) is 0 Å². The summed E-state index contributed by atoms with van der Waals surface area (Å²) in [7, 11) is 0. The van der Waals surface area contributed by atoms with E-state index < -0.39 is 5.25 Å². The fourth-order valence-corrected chi connectivity index (χ4v) is 4.13. The second-order valence-electron chi connectivity index (χ2n) is 7.48. The Hall–Kier alpha value is -2.60. The van der Waals surface area contributed by atoms with Crippen molar-refractivity contribution in [1.82, 2.24) is 5.32 Å². The molecular weight excluding hydrogens is 382 g/mol. The molecule has 0 spiro atoms. The third-order valence-electron chi connectivity index (χ3n) is 5.11. The summed E-state index contributed by atoms with van der Waals surface area (Å²) in [5.74, 6) is 0.154. The molecule has 0 radical (unpaired) electrons. The molecule has 152 valence electrons. The number of benzene rings is 2. The van der Waals surface area contributed by atoms with E-state index >= 15 is 0 Å². The van der Waals surface area contributed by atoms with Crippen LogP contribution in [0.5, 0.6) is 0 Å². The fourth-order valence-electron chi connectivity index (χ4n) is 3.15. The van der Waals surface area contributed by atoms with Gasteiger partial charge < -0.3 is 10.6 Å². The van der Waals surface area contributed by atoms with Crippen LogP contribution in [0, 0.1) is 13.8 Å². The molecule has 1 aliphatic heterocycles. The number of amidine groups is 1. The normalized spacial score (nSPS) is 18.6. The average molecular weight is 410 g/mol. The molecule has 0 aromatic heterocycles. The number of nitrogens with zero attached hydrogens (tertiary/aromatic N) is 1. The first-order valence-corrected chi connectivity index (χ1v) is 10.8. The van der Waals surface area contributed by atoms with Gasteiger partial charge in [-0.05, 0) is 55.5 Å². The number of nitrogens with one attached hydrogen (secondary N) is 2. The molecular formula is C23H27N3O2S. The van der Waals surface area contributed by atoms with E-state index in [0.717, 1.165) is 28.9 Å². The summed E-state index contributed by atoms with van der Waals surface area (Å²) >= 11 is 1.30. The van der Waals surface area contributed by atoms with E-state index in [2.05, 4.69) is 41.6 Å². The number of aliphatic imine (C=N–C) groups is 1. The summed E-state index contributed by atoms with van der Waals surface area (Å²) < 4.78 is 0. The number of rotatable bonds is 6. The minimum absolute atomic E-state index is 0.107. The Bertz CT molecular complexity index is 938. The van der Waals surface area contributed by atoms with Crippen molar-refractivity contribution in [2.24, 2.45) is 4.99 Å². The summed E-state index contributed by atoms with van der Waals surface area (Å²) in [6.45, 7) is 8.33. The lowest BCUT2D eigenvalue weighted by Gasteiger charge is -2.10. The smallest absolute Gasteiger partial charge is 0.240 e. The molecule has 2 amide bonds. The van der Waals surface area contributed by atoms with Crippen LogP contribution in [0.25, 0.3) is 0 Å². The molecule has 5 nitrogen and oxygen atoms in total. The van der Waals surface area contributed by atoms with Gasteiger partial charge in [0.15, 0.2) is 5.17 Å². The zero-order valence-electron chi connectivity index (χ0n) is 17.3. The van der Waals surface area contributed by atoms with Crippen LogP contribution in [0.3, 0.4) is 0 Å². The molecule has 0 aliphatic carbocycles. The largest absolute Gasteiger partial charge is 0.326 e. The van der Waals surface area contributed by atoms with Gasteiger partial charge >= 0.3 is 0 Å². The standard InChI is InChI=1S/C23H27N3O2S/c1-5-15(3)17-7-9-18(10-8-17)24-23-26-22(28)20(29-23)13-21(27)25-19-11-6-14(2)12-16(19)4/h6-12,15,20H,5,13H2,1-4H3,(H,25,27)(H,24,26,28)/t15-,20+/m1/s1. The van der Waals surface area contributed by atoms with Crippen molar-refractivity contribution >= 4 is 40.1 Å². The lowest BCUT2D eigenvalue weighted by Crippen LogP contribution is -2.28. The number of anilines is 1. The number of hydrogen-bond acceptors (Lipinski definition) is 4. The zero-order chi connectivity index (χ0) is 21.0. The molecule has 0 bridgehead atoms. The van der Waals surface area contributed by atoms with Crippen molar-refractivity contribution in [3.05, 3.63) is 59.2 Å². The SMILES string of the molecule is CC[C@@H](C)c1ccc(N=C2NC(=O)[C@H](CC(=O)Nc3ccc(C)cc3C)S2)cc1. The average Bonchev–Trinajstić information content (AvgIpc) is 3.02. The first kappa shape index (κ1) is 21.1. The summed E-state index contributed by atoms with van der Waals surface area (Å²) in [6.07, 6.45) is 1.20. The molecule has 29 heavy (non-hydrogen) atoms. The van der Waals surface area contributed by atoms with Crippen LogP contribution in [0.15, 0.2) is 47.5 Å². The highest BCUT2D eigenvalue weighted by molar-refractivity contribution is 8.15. The highest BCUT2D eigenvalue weighted by Crippen LogP contribution is 2.27. The molecule has 2 aromatic rings. The minimum atomic E-state index is -0.473. The molecule has 1 fully saturated rings. The van der Waals surface area contributed by atoms with Gasteiger partial charge in [0.05, 0.1) is 5.69 Å². The Morgan fingerprint density at radius 3 is 2.59 bits per heavy atom. The first-order valence-electron chi connectivity index (χ1n) is 9.89. The van der Waals surface area contributed by atoms with Gasteiger partial charge in [-0.3, -0.25) is 9.59 Å². The van der Waals surface area contributed by atoms with Crippen molar-refractivity contribution in [3.63, 3.8) is 0 Å². The van der Waals surface area contributed by atoms with Crippen LogP contribution in [-0.2, 0) is 9.59 Å². The summed E-state index contributed by atoms with van der Waals surface area (Å²) in [4.78, 5) is 29.2. The van der Waals surface area contributed by atoms with Crippen molar-refractivity contribution < 1.29 is 9.59 Å². The monoisotopic (exact) mass is 409 g/mol. The molecule has 2 atom stereocenters. The van der Waals surface area contributed by atoms with E-state index in [1.165, 1.54) is 17.3 Å². The Labute approximate surface area is 176 Å². The van der Waals surface area contributed by atoms with Gasteiger partial charge in [0.2, 0.25) is 11.8 Å². The molecule has 6 heteroatoms. The molecule has 1 aliphatic rings. The Morgan fingerprint density at radius 1 is 1.21 bits per heavy atom. The second-order valence-corrected chi connectivity index (χ2v) is 8.68. The van der Waals surface area contributed by atoms with Crippen molar-refractivity contribution in [2.45, 2.75) is 51.7 Å². The number of hydrogen-bond donors (Lipinski definition) is 2. The highest BCUT2D eigenvalue weighted by atomic mass is 32.2. The Balaban J connectivity index is 1.61. The predicted octanol–water partition coefficient (Wildman–Crippen LogP) is 5.06. The zero-order valence-corrected chi connectivity index (χ0v) is 18.1. The molecule has 0 saturated carbocycles. The lowest BCUT2D eigenvalue weighted by atomic mass is 9.99. The van der Waals surface area contributed by atoms with Crippen LogP contribution < -0.4 is 10.6 Å².